The first-order valence-electron chi connectivity index (χ1n) is 11.7. The zero-order valence-electron chi connectivity index (χ0n) is 18.1. The summed E-state index contributed by atoms with van der Waals surface area (Å²) in [6.07, 6.45) is 20.6. The van der Waals surface area contributed by atoms with E-state index in [1.54, 1.807) is 0 Å². The van der Waals surface area contributed by atoms with Gasteiger partial charge in [0.15, 0.2) is 0 Å². The van der Waals surface area contributed by atoms with Gasteiger partial charge in [0.2, 0.25) is 0 Å². The second kappa shape index (κ2) is 12.0. The molecule has 0 heterocycles. The van der Waals surface area contributed by atoms with E-state index < -0.39 is 0 Å². The number of hydrogen-bond acceptors (Lipinski definition) is 2. The van der Waals surface area contributed by atoms with Crippen molar-refractivity contribution in [3.63, 3.8) is 0 Å². The Morgan fingerprint density at radius 1 is 0.966 bits per heavy atom. The fourth-order valence-electron chi connectivity index (χ4n) is 4.95. The highest BCUT2D eigenvalue weighted by Crippen LogP contribution is 2.35. The molecular weight excluding hydrogens is 354 g/mol. The van der Waals surface area contributed by atoms with Crippen molar-refractivity contribution in [3.05, 3.63) is 59.7 Å². The fourth-order valence-corrected chi connectivity index (χ4v) is 4.95. The molecule has 2 nitrogen and oxygen atoms in total. The van der Waals surface area contributed by atoms with Crippen LogP contribution in [-0.2, 0) is 11.2 Å². The zero-order chi connectivity index (χ0) is 20.3. The molecule has 2 saturated carbocycles. The van der Waals surface area contributed by atoms with Crippen LogP contribution in [0.15, 0.2) is 48.6 Å². The van der Waals surface area contributed by atoms with Crippen LogP contribution in [0.4, 0.5) is 0 Å². The molecule has 2 aliphatic rings. The van der Waals surface area contributed by atoms with Crippen molar-refractivity contribution in [3.8, 4) is 6.07 Å². The number of ether oxygens (including phenoxy) is 1. The van der Waals surface area contributed by atoms with E-state index in [0.29, 0.717) is 12.0 Å². The molecule has 29 heavy (non-hydrogen) atoms. The molecule has 0 unspecified atom stereocenters. The molecule has 2 heteroatoms. The van der Waals surface area contributed by atoms with Crippen molar-refractivity contribution in [2.24, 2.45) is 11.8 Å². The first kappa shape index (κ1) is 21.8. The van der Waals surface area contributed by atoms with Gasteiger partial charge < -0.3 is 4.74 Å². The van der Waals surface area contributed by atoms with Crippen LogP contribution >= 0.6 is 0 Å². The Morgan fingerprint density at radius 3 is 2.34 bits per heavy atom. The lowest BCUT2D eigenvalue weighted by atomic mass is 9.81. The second-order valence-corrected chi connectivity index (χ2v) is 8.95. The van der Waals surface area contributed by atoms with Gasteiger partial charge in [-0.05, 0) is 86.7 Å². The third kappa shape index (κ3) is 7.16. The maximum atomic E-state index is 8.52. The Bertz CT molecular complexity index is 680. The second-order valence-electron chi connectivity index (χ2n) is 8.95. The van der Waals surface area contributed by atoms with E-state index in [9.17, 15) is 0 Å². The van der Waals surface area contributed by atoms with E-state index in [0.717, 1.165) is 18.4 Å². The minimum Gasteiger partial charge on any atom is -0.378 e. The molecule has 0 aromatic heterocycles. The molecule has 2 aliphatic carbocycles. The number of aryl methyl sites for hydroxylation is 1. The van der Waals surface area contributed by atoms with Gasteiger partial charge in [-0.3, -0.25) is 0 Å². The third-order valence-electron chi connectivity index (χ3n) is 6.79. The Labute approximate surface area is 177 Å². The number of allylic oxidation sites excluding steroid dienone is 4. The zero-order valence-corrected chi connectivity index (χ0v) is 18.1. The van der Waals surface area contributed by atoms with E-state index in [2.05, 4.69) is 37.3 Å². The first-order valence-corrected chi connectivity index (χ1v) is 11.7. The average Bonchev–Trinajstić information content (AvgIpc) is 2.77. The number of hydrogen-bond donors (Lipinski definition) is 0. The fraction of sp³-hybridized carbons (Fsp3) is 0.593. The van der Waals surface area contributed by atoms with Gasteiger partial charge in [-0.1, -0.05) is 55.8 Å². The third-order valence-corrected chi connectivity index (χ3v) is 6.79. The molecule has 0 atom stereocenters. The standard InChI is InChI=1S/C27H37NO/c1-2-6-22-12-14-25(15-13-22)26-16-18-27(19-17-26)29-21-24-10-8-23(9-11-24)7-4-3-5-20-28/h3-5,7,12-15,23-24,26-27H,2,6,8-11,16-19,21H2,1H3/b5-3+,7-4+/t23-,24-,26-,27-. The van der Waals surface area contributed by atoms with Crippen LogP contribution in [0.3, 0.4) is 0 Å². The summed E-state index contributed by atoms with van der Waals surface area (Å²) in [5.74, 6) is 2.13. The van der Waals surface area contributed by atoms with E-state index >= 15 is 0 Å². The highest BCUT2D eigenvalue weighted by Gasteiger charge is 2.25. The Hall–Kier alpha value is -1.85. The lowest BCUT2D eigenvalue weighted by Crippen LogP contribution is -2.25. The Balaban J connectivity index is 1.33. The molecule has 0 amide bonds. The molecule has 3 rings (SSSR count). The minimum absolute atomic E-state index is 0.472. The summed E-state index contributed by atoms with van der Waals surface area (Å²) in [6, 6.07) is 11.4. The van der Waals surface area contributed by atoms with Crippen molar-refractivity contribution in [2.45, 2.75) is 83.2 Å². The van der Waals surface area contributed by atoms with Gasteiger partial charge in [0, 0.05) is 12.7 Å². The van der Waals surface area contributed by atoms with Crippen molar-refractivity contribution in [2.75, 3.05) is 6.61 Å². The normalized spacial score (nSPS) is 28.0. The number of nitrogens with zero attached hydrogens (tertiary/aromatic N) is 1. The van der Waals surface area contributed by atoms with Crippen LogP contribution in [0.1, 0.15) is 81.8 Å². The highest BCUT2D eigenvalue weighted by atomic mass is 16.5. The SMILES string of the molecule is CCCc1ccc([C@H]2CC[C@H](OC[C@H]3CC[C@H](/C=C/C=C/C#N)CC3)CC2)cc1. The van der Waals surface area contributed by atoms with Crippen molar-refractivity contribution in [1.29, 1.82) is 5.26 Å². The molecule has 0 saturated heterocycles. The first-order chi connectivity index (χ1) is 14.3. The van der Waals surface area contributed by atoms with Crippen LogP contribution in [0.25, 0.3) is 0 Å². The Kier molecular flexibility index (Phi) is 9.03. The molecule has 0 radical (unpaired) electrons. The number of rotatable bonds is 8. The van der Waals surface area contributed by atoms with Gasteiger partial charge >= 0.3 is 0 Å². The van der Waals surface area contributed by atoms with Crippen LogP contribution < -0.4 is 0 Å². The smallest absolute Gasteiger partial charge is 0.0912 e. The molecule has 2 fully saturated rings. The molecule has 1 aromatic rings. The summed E-state index contributed by atoms with van der Waals surface area (Å²) in [5, 5.41) is 8.52. The Morgan fingerprint density at radius 2 is 1.69 bits per heavy atom. The van der Waals surface area contributed by atoms with E-state index in [1.165, 1.54) is 81.4 Å². The van der Waals surface area contributed by atoms with Crippen LogP contribution in [-0.4, -0.2) is 12.7 Å². The maximum Gasteiger partial charge on any atom is 0.0912 e. The van der Waals surface area contributed by atoms with Crippen LogP contribution in [0.5, 0.6) is 0 Å². The number of benzene rings is 1. The van der Waals surface area contributed by atoms with Crippen LogP contribution in [0, 0.1) is 23.2 Å². The molecule has 1 aromatic carbocycles. The maximum absolute atomic E-state index is 8.52. The molecule has 0 bridgehead atoms. The summed E-state index contributed by atoms with van der Waals surface area (Å²) in [6.45, 7) is 3.19. The lowest BCUT2D eigenvalue weighted by Gasteiger charge is -2.32. The van der Waals surface area contributed by atoms with Crippen molar-refractivity contribution >= 4 is 0 Å². The van der Waals surface area contributed by atoms with E-state index in [1.807, 2.05) is 18.2 Å². The van der Waals surface area contributed by atoms with Gasteiger partial charge in [0.05, 0.1) is 12.2 Å². The van der Waals surface area contributed by atoms with Gasteiger partial charge in [-0.15, -0.1) is 0 Å². The van der Waals surface area contributed by atoms with Gasteiger partial charge in [-0.25, -0.2) is 0 Å². The topological polar surface area (TPSA) is 33.0 Å². The van der Waals surface area contributed by atoms with Gasteiger partial charge in [0.1, 0.15) is 0 Å². The molecule has 156 valence electrons. The van der Waals surface area contributed by atoms with Gasteiger partial charge in [0.25, 0.3) is 0 Å². The molecule has 0 spiro atoms. The lowest BCUT2D eigenvalue weighted by molar-refractivity contribution is -0.00337. The van der Waals surface area contributed by atoms with E-state index in [4.69, 9.17) is 10.00 Å². The van der Waals surface area contributed by atoms with Crippen LogP contribution in [0.2, 0.25) is 0 Å². The predicted octanol–water partition coefficient (Wildman–Crippen LogP) is 7.12. The monoisotopic (exact) mass is 391 g/mol. The van der Waals surface area contributed by atoms with Crippen molar-refractivity contribution in [1.82, 2.24) is 0 Å². The predicted molar refractivity (Wildman–Crippen MR) is 121 cm³/mol. The van der Waals surface area contributed by atoms with E-state index in [-0.39, 0.29) is 0 Å². The molecular formula is C27H37NO. The quantitative estimate of drug-likeness (QED) is 0.349. The summed E-state index contributed by atoms with van der Waals surface area (Å²) in [7, 11) is 0. The molecule has 0 N–H and O–H groups in total. The highest BCUT2D eigenvalue weighted by molar-refractivity contribution is 5.26. The molecule has 0 aliphatic heterocycles. The summed E-state index contributed by atoms with van der Waals surface area (Å²) >= 11 is 0. The van der Waals surface area contributed by atoms with Crippen molar-refractivity contribution < 1.29 is 4.74 Å². The van der Waals surface area contributed by atoms with Gasteiger partial charge in [-0.2, -0.15) is 5.26 Å². The minimum atomic E-state index is 0.472. The average molecular weight is 392 g/mol. The number of nitriles is 1. The summed E-state index contributed by atoms with van der Waals surface area (Å²) in [4.78, 5) is 0. The largest absolute Gasteiger partial charge is 0.378 e. The summed E-state index contributed by atoms with van der Waals surface area (Å²) < 4.78 is 6.34. The summed E-state index contributed by atoms with van der Waals surface area (Å²) in [5.41, 5.74) is 3.00.